The van der Waals surface area contributed by atoms with Crippen molar-refractivity contribution in [2.24, 2.45) is 5.73 Å². The van der Waals surface area contributed by atoms with Crippen molar-refractivity contribution in [3.63, 3.8) is 0 Å². The molecule has 1 unspecified atom stereocenters. The van der Waals surface area contributed by atoms with Crippen LogP contribution in [0.3, 0.4) is 0 Å². The molecule has 0 heterocycles. The number of hydrogen-bond acceptors (Lipinski definition) is 3. The Balaban J connectivity index is 1.86. The molecule has 0 bridgehead atoms. The van der Waals surface area contributed by atoms with Crippen LogP contribution in [-0.4, -0.2) is 26.3 Å². The monoisotopic (exact) mass is 274 g/mol. The van der Waals surface area contributed by atoms with E-state index in [9.17, 15) is 0 Å². The van der Waals surface area contributed by atoms with Gasteiger partial charge >= 0.3 is 0 Å². The molecule has 0 saturated heterocycles. The van der Waals surface area contributed by atoms with Crippen molar-refractivity contribution in [1.82, 2.24) is 5.32 Å². The summed E-state index contributed by atoms with van der Waals surface area (Å²) in [5.41, 5.74) is 9.82. The Morgan fingerprint density at radius 2 is 2.20 bits per heavy atom. The van der Waals surface area contributed by atoms with Crippen LogP contribution in [0.25, 0.3) is 0 Å². The van der Waals surface area contributed by atoms with E-state index in [0.29, 0.717) is 19.8 Å². The number of ether oxygens (including phenoxy) is 1. The van der Waals surface area contributed by atoms with Crippen LogP contribution in [0.2, 0.25) is 0 Å². The number of rotatable bonds is 9. The number of benzene rings is 1. The van der Waals surface area contributed by atoms with Gasteiger partial charge in [-0.3, -0.25) is 0 Å². The molecular formula is C17H26N2O. The summed E-state index contributed by atoms with van der Waals surface area (Å²) in [5.74, 6) is 0.752. The zero-order chi connectivity index (χ0) is 14.4. The fraction of sp³-hybridized carbons (Fsp3) is 0.529. The largest absolute Gasteiger partial charge is 0.376 e. The van der Waals surface area contributed by atoms with Crippen molar-refractivity contribution in [1.29, 1.82) is 0 Å². The van der Waals surface area contributed by atoms with Crippen molar-refractivity contribution in [3.8, 4) is 0 Å². The van der Waals surface area contributed by atoms with Gasteiger partial charge in [0.05, 0.1) is 13.2 Å². The molecule has 0 aliphatic heterocycles. The van der Waals surface area contributed by atoms with Gasteiger partial charge in [0.15, 0.2) is 0 Å². The predicted octanol–water partition coefficient (Wildman–Crippen LogP) is 2.75. The van der Waals surface area contributed by atoms with E-state index in [0.717, 1.165) is 18.0 Å². The van der Waals surface area contributed by atoms with E-state index < -0.39 is 0 Å². The zero-order valence-corrected chi connectivity index (χ0v) is 12.4. The second-order valence-corrected chi connectivity index (χ2v) is 5.66. The molecule has 1 fully saturated rings. The zero-order valence-electron chi connectivity index (χ0n) is 12.4. The molecule has 2 rings (SSSR count). The van der Waals surface area contributed by atoms with Gasteiger partial charge < -0.3 is 15.8 Å². The smallest absolute Gasteiger partial charge is 0.0672 e. The maximum absolute atomic E-state index is 5.94. The minimum Gasteiger partial charge on any atom is -0.376 e. The molecule has 0 radical (unpaired) electrons. The van der Waals surface area contributed by atoms with Gasteiger partial charge in [-0.2, -0.15) is 0 Å². The topological polar surface area (TPSA) is 47.3 Å². The first-order valence-corrected chi connectivity index (χ1v) is 7.46. The Morgan fingerprint density at radius 1 is 1.45 bits per heavy atom. The van der Waals surface area contributed by atoms with E-state index in [-0.39, 0.29) is 6.04 Å². The Morgan fingerprint density at radius 3 is 2.85 bits per heavy atom. The SMILES string of the molecule is C=C(C)COCCNC(CN)c1ccccc1C1CC1. The lowest BCUT2D eigenvalue weighted by Crippen LogP contribution is -2.31. The third-order valence-corrected chi connectivity index (χ3v) is 3.61. The van der Waals surface area contributed by atoms with Crippen LogP contribution in [0.1, 0.15) is 42.9 Å². The molecule has 20 heavy (non-hydrogen) atoms. The van der Waals surface area contributed by atoms with E-state index in [2.05, 4.69) is 36.2 Å². The Hall–Kier alpha value is -1.16. The Labute approximate surface area is 122 Å². The van der Waals surface area contributed by atoms with Gasteiger partial charge in [0.1, 0.15) is 0 Å². The first-order chi connectivity index (χ1) is 9.72. The molecule has 1 aliphatic rings. The average molecular weight is 274 g/mol. The maximum Gasteiger partial charge on any atom is 0.0672 e. The summed E-state index contributed by atoms with van der Waals surface area (Å²) in [7, 11) is 0. The van der Waals surface area contributed by atoms with Crippen LogP contribution in [-0.2, 0) is 4.74 Å². The van der Waals surface area contributed by atoms with Gasteiger partial charge in [0.2, 0.25) is 0 Å². The van der Waals surface area contributed by atoms with E-state index >= 15 is 0 Å². The molecule has 3 heteroatoms. The summed E-state index contributed by atoms with van der Waals surface area (Å²) in [6.45, 7) is 8.55. The molecule has 1 saturated carbocycles. The molecule has 0 aromatic heterocycles. The molecule has 0 amide bonds. The number of nitrogens with two attached hydrogens (primary N) is 1. The highest BCUT2D eigenvalue weighted by Gasteiger charge is 2.27. The summed E-state index contributed by atoms with van der Waals surface area (Å²) >= 11 is 0. The van der Waals surface area contributed by atoms with Gasteiger partial charge in [-0.05, 0) is 36.8 Å². The molecule has 1 aromatic carbocycles. The fourth-order valence-electron chi connectivity index (χ4n) is 2.47. The van der Waals surface area contributed by atoms with E-state index in [1.165, 1.54) is 24.0 Å². The lowest BCUT2D eigenvalue weighted by atomic mass is 9.97. The first kappa shape index (κ1) is 15.2. The van der Waals surface area contributed by atoms with Crippen LogP contribution in [0.4, 0.5) is 0 Å². The van der Waals surface area contributed by atoms with Crippen LogP contribution < -0.4 is 11.1 Å². The molecule has 0 spiro atoms. The Kier molecular flexibility index (Phi) is 5.77. The van der Waals surface area contributed by atoms with Crippen molar-refractivity contribution >= 4 is 0 Å². The average Bonchev–Trinajstić information content (AvgIpc) is 3.27. The maximum atomic E-state index is 5.94. The second-order valence-electron chi connectivity index (χ2n) is 5.66. The van der Waals surface area contributed by atoms with E-state index in [1.807, 2.05) is 6.92 Å². The van der Waals surface area contributed by atoms with Gasteiger partial charge in [-0.15, -0.1) is 0 Å². The lowest BCUT2D eigenvalue weighted by Gasteiger charge is -2.20. The molecular weight excluding hydrogens is 248 g/mol. The normalized spacial score (nSPS) is 16.1. The minimum absolute atomic E-state index is 0.222. The summed E-state index contributed by atoms with van der Waals surface area (Å²) < 4.78 is 5.51. The van der Waals surface area contributed by atoms with Crippen LogP contribution >= 0.6 is 0 Å². The Bertz CT molecular complexity index is 440. The molecule has 3 N–H and O–H groups in total. The standard InChI is InChI=1S/C17H26N2O/c1-13(2)12-20-10-9-19-17(11-18)16-6-4-3-5-15(16)14-7-8-14/h3-6,14,17,19H,1,7-12,18H2,2H3. The third-order valence-electron chi connectivity index (χ3n) is 3.61. The fourth-order valence-corrected chi connectivity index (χ4v) is 2.47. The van der Waals surface area contributed by atoms with Crippen molar-refractivity contribution < 1.29 is 4.74 Å². The second kappa shape index (κ2) is 7.58. The molecule has 1 aromatic rings. The summed E-state index contributed by atoms with van der Waals surface area (Å²) in [6, 6.07) is 8.89. The summed E-state index contributed by atoms with van der Waals surface area (Å²) in [5, 5.41) is 3.50. The number of nitrogens with one attached hydrogen (secondary N) is 1. The predicted molar refractivity (Wildman–Crippen MR) is 83.8 cm³/mol. The highest BCUT2D eigenvalue weighted by atomic mass is 16.5. The van der Waals surface area contributed by atoms with Crippen LogP contribution in [0.5, 0.6) is 0 Å². The van der Waals surface area contributed by atoms with Gasteiger partial charge in [0.25, 0.3) is 0 Å². The van der Waals surface area contributed by atoms with Crippen molar-refractivity contribution in [2.75, 3.05) is 26.3 Å². The van der Waals surface area contributed by atoms with E-state index in [4.69, 9.17) is 10.5 Å². The number of hydrogen-bond donors (Lipinski definition) is 2. The third kappa shape index (κ3) is 4.44. The van der Waals surface area contributed by atoms with Crippen LogP contribution in [0, 0.1) is 0 Å². The first-order valence-electron chi connectivity index (χ1n) is 7.46. The highest BCUT2D eigenvalue weighted by molar-refractivity contribution is 5.35. The minimum atomic E-state index is 0.222. The van der Waals surface area contributed by atoms with Crippen molar-refractivity contribution in [2.45, 2.75) is 31.7 Å². The van der Waals surface area contributed by atoms with Crippen molar-refractivity contribution in [3.05, 3.63) is 47.5 Å². The van der Waals surface area contributed by atoms with E-state index in [1.54, 1.807) is 0 Å². The van der Waals surface area contributed by atoms with Crippen LogP contribution in [0.15, 0.2) is 36.4 Å². The quantitative estimate of drug-likeness (QED) is 0.538. The molecule has 110 valence electrons. The van der Waals surface area contributed by atoms with Gasteiger partial charge in [-0.25, -0.2) is 0 Å². The van der Waals surface area contributed by atoms with Gasteiger partial charge in [-0.1, -0.05) is 36.4 Å². The molecule has 3 nitrogen and oxygen atoms in total. The van der Waals surface area contributed by atoms with Gasteiger partial charge in [0, 0.05) is 19.1 Å². The highest BCUT2D eigenvalue weighted by Crippen LogP contribution is 2.42. The summed E-state index contributed by atoms with van der Waals surface area (Å²) in [6.07, 6.45) is 2.63. The lowest BCUT2D eigenvalue weighted by molar-refractivity contribution is 0.155. The summed E-state index contributed by atoms with van der Waals surface area (Å²) in [4.78, 5) is 0. The molecule has 1 aliphatic carbocycles. The molecule has 1 atom stereocenters.